The summed E-state index contributed by atoms with van der Waals surface area (Å²) in [5.41, 5.74) is 0. The Labute approximate surface area is 71.1 Å². The van der Waals surface area contributed by atoms with Gasteiger partial charge in [0.15, 0.2) is 9.84 Å². The van der Waals surface area contributed by atoms with Crippen LogP contribution in [-0.2, 0) is 19.3 Å². The summed E-state index contributed by atoms with van der Waals surface area (Å²) in [5.74, 6) is 0.0868. The smallest absolute Gasteiger partial charge is 0.174 e. The number of hydrogen-bond donors (Lipinski definition) is 0. The second-order valence-corrected chi connectivity index (χ2v) is 4.92. The molecule has 0 radical (unpaired) electrons. The molecule has 2 aliphatic heterocycles. The zero-order chi connectivity index (χ0) is 8.60. The standard InChI is InChI=1S/C7H10O4S/c8-12(9)2-1-6(5-12)11-7-3-10-4-7/h1-2,6-7H,3-5H2. The highest BCUT2D eigenvalue weighted by atomic mass is 32.2. The molecule has 5 heteroatoms. The summed E-state index contributed by atoms with van der Waals surface area (Å²) in [6.07, 6.45) is 1.42. The highest BCUT2D eigenvalue weighted by Gasteiger charge is 2.28. The van der Waals surface area contributed by atoms with E-state index in [1.54, 1.807) is 6.08 Å². The molecule has 2 aliphatic rings. The Morgan fingerprint density at radius 1 is 1.42 bits per heavy atom. The number of rotatable bonds is 2. The number of sulfone groups is 1. The maximum atomic E-state index is 10.9. The summed E-state index contributed by atoms with van der Waals surface area (Å²) in [6, 6.07) is 0. The number of hydrogen-bond acceptors (Lipinski definition) is 4. The van der Waals surface area contributed by atoms with Gasteiger partial charge in [0, 0.05) is 5.41 Å². The summed E-state index contributed by atoms with van der Waals surface area (Å²) in [7, 11) is -2.97. The third kappa shape index (κ3) is 1.68. The highest BCUT2D eigenvalue weighted by molar-refractivity contribution is 7.94. The molecular formula is C7H10O4S. The first kappa shape index (κ1) is 8.22. The Bertz CT molecular complexity index is 289. The van der Waals surface area contributed by atoms with Crippen molar-refractivity contribution in [2.45, 2.75) is 12.2 Å². The van der Waals surface area contributed by atoms with Crippen LogP contribution in [0, 0.1) is 0 Å². The van der Waals surface area contributed by atoms with Gasteiger partial charge in [-0.2, -0.15) is 0 Å². The Hall–Kier alpha value is -0.390. The minimum absolute atomic E-state index is 0.0868. The Morgan fingerprint density at radius 3 is 2.58 bits per heavy atom. The van der Waals surface area contributed by atoms with E-state index in [4.69, 9.17) is 9.47 Å². The summed E-state index contributed by atoms with van der Waals surface area (Å²) in [5, 5.41) is 1.22. The van der Waals surface area contributed by atoms with Crippen LogP contribution in [0.25, 0.3) is 0 Å². The van der Waals surface area contributed by atoms with Crippen molar-refractivity contribution in [1.29, 1.82) is 0 Å². The first-order valence-electron chi connectivity index (χ1n) is 3.80. The molecule has 68 valence electrons. The summed E-state index contributed by atoms with van der Waals surface area (Å²) in [6.45, 7) is 1.18. The van der Waals surface area contributed by atoms with E-state index in [0.717, 1.165) is 0 Å². The normalized spacial score (nSPS) is 33.5. The second-order valence-electron chi connectivity index (χ2n) is 2.99. The molecule has 0 aromatic heterocycles. The van der Waals surface area contributed by atoms with E-state index in [2.05, 4.69) is 0 Å². The minimum atomic E-state index is -2.97. The van der Waals surface area contributed by atoms with Crippen LogP contribution in [0.3, 0.4) is 0 Å². The molecule has 2 rings (SSSR count). The van der Waals surface area contributed by atoms with Gasteiger partial charge in [-0.25, -0.2) is 8.42 Å². The molecule has 0 spiro atoms. The molecule has 0 aromatic rings. The quantitative estimate of drug-likeness (QED) is 0.600. The molecule has 1 saturated heterocycles. The SMILES string of the molecule is O=S1(=O)C=CC(OC2COC2)C1. The fraction of sp³-hybridized carbons (Fsp3) is 0.714. The van der Waals surface area contributed by atoms with Crippen LogP contribution >= 0.6 is 0 Å². The van der Waals surface area contributed by atoms with E-state index in [9.17, 15) is 8.42 Å². The van der Waals surface area contributed by atoms with Gasteiger partial charge in [0.1, 0.15) is 6.10 Å². The van der Waals surface area contributed by atoms with Crippen molar-refractivity contribution in [3.63, 3.8) is 0 Å². The van der Waals surface area contributed by atoms with Gasteiger partial charge in [-0.05, 0) is 6.08 Å². The maximum Gasteiger partial charge on any atom is 0.174 e. The first-order valence-corrected chi connectivity index (χ1v) is 5.51. The van der Waals surface area contributed by atoms with E-state index in [1.165, 1.54) is 5.41 Å². The van der Waals surface area contributed by atoms with Crippen molar-refractivity contribution in [3.8, 4) is 0 Å². The van der Waals surface area contributed by atoms with Gasteiger partial charge in [0.2, 0.25) is 0 Å². The maximum absolute atomic E-state index is 10.9. The monoisotopic (exact) mass is 190 g/mol. The van der Waals surface area contributed by atoms with Crippen molar-refractivity contribution < 1.29 is 17.9 Å². The van der Waals surface area contributed by atoms with Gasteiger partial charge in [-0.3, -0.25) is 0 Å². The van der Waals surface area contributed by atoms with E-state index in [-0.39, 0.29) is 18.0 Å². The van der Waals surface area contributed by atoms with Crippen LogP contribution in [0.5, 0.6) is 0 Å². The molecule has 0 N–H and O–H groups in total. The summed E-state index contributed by atoms with van der Waals surface area (Å²) < 4.78 is 32.2. The molecule has 0 aliphatic carbocycles. The topological polar surface area (TPSA) is 52.6 Å². The molecule has 12 heavy (non-hydrogen) atoms. The van der Waals surface area contributed by atoms with Crippen molar-refractivity contribution in [3.05, 3.63) is 11.5 Å². The van der Waals surface area contributed by atoms with E-state index < -0.39 is 9.84 Å². The zero-order valence-electron chi connectivity index (χ0n) is 6.47. The van der Waals surface area contributed by atoms with E-state index in [1.807, 2.05) is 0 Å². The molecular weight excluding hydrogens is 180 g/mol. The van der Waals surface area contributed by atoms with Gasteiger partial charge >= 0.3 is 0 Å². The molecule has 4 nitrogen and oxygen atoms in total. The van der Waals surface area contributed by atoms with Gasteiger partial charge in [0.25, 0.3) is 0 Å². The lowest BCUT2D eigenvalue weighted by atomic mass is 10.3. The van der Waals surface area contributed by atoms with E-state index >= 15 is 0 Å². The minimum Gasteiger partial charge on any atom is -0.376 e. The van der Waals surface area contributed by atoms with Crippen LogP contribution in [0.2, 0.25) is 0 Å². The third-order valence-corrected chi connectivity index (χ3v) is 3.24. The van der Waals surface area contributed by atoms with Crippen molar-refractivity contribution in [2.75, 3.05) is 19.0 Å². The molecule has 2 heterocycles. The lowest BCUT2D eigenvalue weighted by Crippen LogP contribution is -2.39. The average molecular weight is 190 g/mol. The lowest BCUT2D eigenvalue weighted by Gasteiger charge is -2.28. The van der Waals surface area contributed by atoms with Gasteiger partial charge in [-0.15, -0.1) is 0 Å². The fourth-order valence-corrected chi connectivity index (χ4v) is 2.35. The molecule has 1 unspecified atom stereocenters. The van der Waals surface area contributed by atoms with Crippen molar-refractivity contribution in [1.82, 2.24) is 0 Å². The third-order valence-electron chi connectivity index (χ3n) is 1.87. The van der Waals surface area contributed by atoms with Crippen LogP contribution in [0.15, 0.2) is 11.5 Å². The molecule has 1 atom stereocenters. The van der Waals surface area contributed by atoms with Gasteiger partial charge in [-0.1, -0.05) is 0 Å². The zero-order valence-corrected chi connectivity index (χ0v) is 7.29. The number of ether oxygens (including phenoxy) is 2. The van der Waals surface area contributed by atoms with Crippen LogP contribution < -0.4 is 0 Å². The highest BCUT2D eigenvalue weighted by Crippen LogP contribution is 2.16. The van der Waals surface area contributed by atoms with Crippen LogP contribution in [0.4, 0.5) is 0 Å². The van der Waals surface area contributed by atoms with E-state index in [0.29, 0.717) is 13.2 Å². The fourth-order valence-electron chi connectivity index (χ4n) is 1.17. The van der Waals surface area contributed by atoms with Crippen LogP contribution in [-0.4, -0.2) is 39.6 Å². The Balaban J connectivity index is 1.88. The van der Waals surface area contributed by atoms with Crippen LogP contribution in [0.1, 0.15) is 0 Å². The predicted octanol–water partition coefficient (Wildman–Crippen LogP) is -0.288. The van der Waals surface area contributed by atoms with Gasteiger partial charge in [0.05, 0.1) is 25.1 Å². The molecule has 0 amide bonds. The van der Waals surface area contributed by atoms with Gasteiger partial charge < -0.3 is 9.47 Å². The van der Waals surface area contributed by atoms with Crippen molar-refractivity contribution >= 4 is 9.84 Å². The summed E-state index contributed by atoms with van der Waals surface area (Å²) in [4.78, 5) is 0. The summed E-state index contributed by atoms with van der Waals surface area (Å²) >= 11 is 0. The predicted molar refractivity (Wildman–Crippen MR) is 42.4 cm³/mol. The Morgan fingerprint density at radius 2 is 2.17 bits per heavy atom. The molecule has 0 saturated carbocycles. The molecule has 0 bridgehead atoms. The van der Waals surface area contributed by atoms with Crippen molar-refractivity contribution in [2.24, 2.45) is 0 Å². The first-order chi connectivity index (χ1) is 5.66. The Kier molecular flexibility index (Phi) is 1.94. The lowest BCUT2D eigenvalue weighted by molar-refractivity contribution is -0.140. The molecule has 0 aromatic carbocycles. The average Bonchev–Trinajstić information content (AvgIpc) is 2.21. The molecule has 1 fully saturated rings. The largest absolute Gasteiger partial charge is 0.376 e. The second kappa shape index (κ2) is 2.83.